The predicted molar refractivity (Wildman–Crippen MR) is 116 cm³/mol. The zero-order valence-corrected chi connectivity index (χ0v) is 19.2. The lowest BCUT2D eigenvalue weighted by Crippen LogP contribution is -2.57. The highest BCUT2D eigenvalue weighted by molar-refractivity contribution is 7.89. The molecule has 168 valence electrons. The van der Waals surface area contributed by atoms with E-state index < -0.39 is 10.0 Å². The van der Waals surface area contributed by atoms with Crippen LogP contribution in [0.2, 0.25) is 0 Å². The highest BCUT2D eigenvalue weighted by atomic mass is 32.2. The van der Waals surface area contributed by atoms with Gasteiger partial charge in [-0.3, -0.25) is 14.7 Å². The highest BCUT2D eigenvalue weighted by Crippen LogP contribution is 2.14. The minimum absolute atomic E-state index is 0.0683. The zero-order valence-electron chi connectivity index (χ0n) is 18.4. The first-order valence-electron chi connectivity index (χ1n) is 10.7. The van der Waals surface area contributed by atoms with Crippen LogP contribution >= 0.6 is 0 Å². The number of likely N-dealkylation sites (tertiary alicyclic amines) is 1. The molecule has 0 bridgehead atoms. The third-order valence-corrected chi connectivity index (χ3v) is 7.78. The molecule has 1 unspecified atom stereocenters. The molecule has 0 aromatic heterocycles. The van der Waals surface area contributed by atoms with E-state index in [1.807, 2.05) is 11.8 Å². The topological polar surface area (TPSA) is 88.6 Å². The summed E-state index contributed by atoms with van der Waals surface area (Å²) < 4.78 is 25.0. The van der Waals surface area contributed by atoms with E-state index in [0.29, 0.717) is 13.1 Å². The van der Waals surface area contributed by atoms with Crippen LogP contribution in [-0.4, -0.2) is 118 Å². The van der Waals surface area contributed by atoms with Crippen LogP contribution in [-0.2, 0) is 14.8 Å². The number of sulfonamides is 1. The molecule has 0 aromatic rings. The Morgan fingerprint density at radius 3 is 2.28 bits per heavy atom. The van der Waals surface area contributed by atoms with Crippen LogP contribution in [0.25, 0.3) is 0 Å². The van der Waals surface area contributed by atoms with Gasteiger partial charge < -0.3 is 15.1 Å². The molecule has 10 heteroatoms. The molecule has 0 aliphatic carbocycles. The molecule has 1 amide bonds. The molecular weight excluding hydrogens is 392 g/mol. The van der Waals surface area contributed by atoms with Crippen molar-refractivity contribution in [3.8, 4) is 0 Å². The van der Waals surface area contributed by atoms with Gasteiger partial charge in [0, 0.05) is 66.5 Å². The Bertz CT molecular complexity index is 655. The summed E-state index contributed by atoms with van der Waals surface area (Å²) in [5.74, 6) is 1.22. The molecule has 9 nitrogen and oxygen atoms in total. The van der Waals surface area contributed by atoms with Crippen molar-refractivity contribution < 1.29 is 13.2 Å². The summed E-state index contributed by atoms with van der Waals surface area (Å²) in [4.78, 5) is 23.4. The molecule has 2 saturated heterocycles. The maximum Gasteiger partial charge on any atom is 0.239 e. The Morgan fingerprint density at radius 1 is 1.10 bits per heavy atom. The summed E-state index contributed by atoms with van der Waals surface area (Å²) in [6.45, 7) is 9.93. The molecule has 29 heavy (non-hydrogen) atoms. The van der Waals surface area contributed by atoms with Crippen LogP contribution in [0.15, 0.2) is 4.99 Å². The molecule has 2 aliphatic heterocycles. The van der Waals surface area contributed by atoms with Crippen LogP contribution in [0.1, 0.15) is 33.1 Å². The van der Waals surface area contributed by atoms with E-state index in [2.05, 4.69) is 20.1 Å². The van der Waals surface area contributed by atoms with Crippen LogP contribution in [0.3, 0.4) is 0 Å². The van der Waals surface area contributed by atoms with Gasteiger partial charge in [-0.25, -0.2) is 12.7 Å². The van der Waals surface area contributed by atoms with E-state index in [0.717, 1.165) is 64.5 Å². The molecule has 0 radical (unpaired) electrons. The number of aliphatic imine (C=N–C) groups is 1. The van der Waals surface area contributed by atoms with Crippen LogP contribution in [0.4, 0.5) is 0 Å². The molecule has 2 aliphatic rings. The van der Waals surface area contributed by atoms with Crippen molar-refractivity contribution in [2.75, 3.05) is 72.2 Å². The Kier molecular flexibility index (Phi) is 9.16. The van der Waals surface area contributed by atoms with E-state index in [-0.39, 0.29) is 17.7 Å². The van der Waals surface area contributed by atoms with Gasteiger partial charge in [0.2, 0.25) is 15.9 Å². The Morgan fingerprint density at radius 2 is 1.72 bits per heavy atom. The van der Waals surface area contributed by atoms with Gasteiger partial charge in [-0.05, 0) is 33.1 Å². The SMILES string of the molecule is CCS(=O)(=O)N(C)CCCNC(=NC)N1CCN(C(C)C(=O)N2CCCC2)CC1. The summed E-state index contributed by atoms with van der Waals surface area (Å²) in [6, 6.07) is -0.0683. The fourth-order valence-electron chi connectivity index (χ4n) is 3.87. The first-order chi connectivity index (χ1) is 13.8. The number of guanidine groups is 1. The summed E-state index contributed by atoms with van der Waals surface area (Å²) in [7, 11) is 0.264. The zero-order chi connectivity index (χ0) is 21.4. The molecular formula is C19H38N6O3S. The van der Waals surface area contributed by atoms with Gasteiger partial charge in [-0.15, -0.1) is 0 Å². The van der Waals surface area contributed by atoms with Crippen molar-refractivity contribution in [1.29, 1.82) is 0 Å². The average Bonchev–Trinajstić information content (AvgIpc) is 3.27. The minimum Gasteiger partial charge on any atom is -0.356 e. The van der Waals surface area contributed by atoms with Gasteiger partial charge in [0.05, 0.1) is 11.8 Å². The van der Waals surface area contributed by atoms with Crippen molar-refractivity contribution in [1.82, 2.24) is 24.3 Å². The summed E-state index contributed by atoms with van der Waals surface area (Å²) in [6.07, 6.45) is 2.96. The number of hydrogen-bond donors (Lipinski definition) is 1. The van der Waals surface area contributed by atoms with Crippen LogP contribution in [0, 0.1) is 0 Å². The molecule has 0 saturated carbocycles. The molecule has 2 rings (SSSR count). The number of carbonyl (C=O) groups excluding carboxylic acids is 1. The quantitative estimate of drug-likeness (QED) is 0.328. The molecule has 1 atom stereocenters. The number of nitrogens with zero attached hydrogens (tertiary/aromatic N) is 5. The first-order valence-corrected chi connectivity index (χ1v) is 12.3. The van der Waals surface area contributed by atoms with Gasteiger partial charge in [0.15, 0.2) is 5.96 Å². The summed E-state index contributed by atoms with van der Waals surface area (Å²) in [5, 5.41) is 3.34. The standard InChI is InChI=1S/C19H38N6O3S/c1-5-29(27,28)22(4)10-8-9-21-19(20-3)25-15-13-23(14-16-25)17(2)18(26)24-11-6-7-12-24/h17H,5-16H2,1-4H3,(H,20,21). The summed E-state index contributed by atoms with van der Waals surface area (Å²) in [5.41, 5.74) is 0. The maximum absolute atomic E-state index is 12.6. The fourth-order valence-corrected chi connectivity index (χ4v) is 4.72. The van der Waals surface area contributed by atoms with Gasteiger partial charge in [-0.2, -0.15) is 0 Å². The van der Waals surface area contributed by atoms with Gasteiger partial charge >= 0.3 is 0 Å². The lowest BCUT2D eigenvalue weighted by atomic mass is 10.2. The number of piperazine rings is 1. The Hall–Kier alpha value is -1.39. The second-order valence-electron chi connectivity index (χ2n) is 7.78. The number of nitrogens with one attached hydrogen (secondary N) is 1. The summed E-state index contributed by atoms with van der Waals surface area (Å²) >= 11 is 0. The fraction of sp³-hybridized carbons (Fsp3) is 0.895. The lowest BCUT2D eigenvalue weighted by molar-refractivity contribution is -0.135. The average molecular weight is 431 g/mol. The highest BCUT2D eigenvalue weighted by Gasteiger charge is 2.30. The largest absolute Gasteiger partial charge is 0.356 e. The molecule has 2 fully saturated rings. The first kappa shape index (κ1) is 23.9. The van der Waals surface area contributed by atoms with Gasteiger partial charge in [-0.1, -0.05) is 0 Å². The van der Waals surface area contributed by atoms with Gasteiger partial charge in [0.25, 0.3) is 0 Å². The van der Waals surface area contributed by atoms with Crippen molar-refractivity contribution in [3.63, 3.8) is 0 Å². The third-order valence-electron chi connectivity index (χ3n) is 5.92. The van der Waals surface area contributed by atoms with Crippen molar-refractivity contribution in [3.05, 3.63) is 0 Å². The predicted octanol–water partition coefficient (Wildman–Crippen LogP) is -0.138. The molecule has 1 N–H and O–H groups in total. The molecule has 2 heterocycles. The number of amides is 1. The van der Waals surface area contributed by atoms with Crippen LogP contribution < -0.4 is 5.32 Å². The van der Waals surface area contributed by atoms with E-state index in [9.17, 15) is 13.2 Å². The van der Waals surface area contributed by atoms with E-state index >= 15 is 0 Å². The van der Waals surface area contributed by atoms with Crippen LogP contribution in [0.5, 0.6) is 0 Å². The third kappa shape index (κ3) is 6.55. The number of rotatable bonds is 8. The number of carbonyl (C=O) groups is 1. The van der Waals surface area contributed by atoms with E-state index in [1.165, 1.54) is 4.31 Å². The Labute approximate surface area is 176 Å². The molecule has 0 spiro atoms. The molecule has 0 aromatic carbocycles. The second kappa shape index (κ2) is 11.1. The van der Waals surface area contributed by atoms with Crippen molar-refractivity contribution in [2.24, 2.45) is 4.99 Å². The lowest BCUT2D eigenvalue weighted by Gasteiger charge is -2.39. The van der Waals surface area contributed by atoms with Crippen molar-refractivity contribution >= 4 is 21.9 Å². The van der Waals surface area contributed by atoms with E-state index in [1.54, 1.807) is 21.0 Å². The Balaban J connectivity index is 1.73. The number of hydrogen-bond acceptors (Lipinski definition) is 5. The van der Waals surface area contributed by atoms with Gasteiger partial charge in [0.1, 0.15) is 0 Å². The van der Waals surface area contributed by atoms with E-state index in [4.69, 9.17) is 0 Å². The minimum atomic E-state index is -3.12. The monoisotopic (exact) mass is 430 g/mol. The smallest absolute Gasteiger partial charge is 0.239 e. The van der Waals surface area contributed by atoms with Crippen molar-refractivity contribution in [2.45, 2.75) is 39.2 Å². The second-order valence-corrected chi connectivity index (χ2v) is 10.1. The normalized spacial score (nSPS) is 20.4. The maximum atomic E-state index is 12.6.